The molecule has 2 fully saturated rings. The highest BCUT2D eigenvalue weighted by atomic mass is 19.4. The SMILES string of the molecule is OC1(CN2CCCN(CC(F)(F)F)CC2)CCCCC1. The lowest BCUT2D eigenvalue weighted by molar-refractivity contribution is -0.145. The Labute approximate surface area is 118 Å². The standard InChI is InChI=1S/C14H25F3N2O/c15-14(16,17)12-19-8-4-7-18(9-10-19)11-13(20)5-2-1-3-6-13/h20H,1-12H2. The molecule has 118 valence electrons. The quantitative estimate of drug-likeness (QED) is 0.865. The van der Waals surface area contributed by atoms with Gasteiger partial charge in [-0.1, -0.05) is 19.3 Å². The van der Waals surface area contributed by atoms with Crippen LogP contribution in [0.1, 0.15) is 38.5 Å². The fourth-order valence-electron chi connectivity index (χ4n) is 3.38. The summed E-state index contributed by atoms with van der Waals surface area (Å²) < 4.78 is 37.2. The van der Waals surface area contributed by atoms with Crippen molar-refractivity contribution in [2.75, 3.05) is 39.3 Å². The average Bonchev–Trinajstić information content (AvgIpc) is 2.53. The van der Waals surface area contributed by atoms with Crippen molar-refractivity contribution < 1.29 is 18.3 Å². The van der Waals surface area contributed by atoms with Gasteiger partial charge in [0.1, 0.15) is 0 Å². The minimum atomic E-state index is -4.11. The highest BCUT2D eigenvalue weighted by Crippen LogP contribution is 2.29. The van der Waals surface area contributed by atoms with Crippen LogP contribution in [0.3, 0.4) is 0 Å². The van der Waals surface area contributed by atoms with Gasteiger partial charge in [0.05, 0.1) is 12.1 Å². The van der Waals surface area contributed by atoms with Gasteiger partial charge in [0, 0.05) is 19.6 Å². The van der Waals surface area contributed by atoms with Crippen LogP contribution in [0.2, 0.25) is 0 Å². The van der Waals surface area contributed by atoms with Crippen LogP contribution in [-0.2, 0) is 0 Å². The van der Waals surface area contributed by atoms with Gasteiger partial charge in [-0.25, -0.2) is 0 Å². The Balaban J connectivity index is 1.80. The van der Waals surface area contributed by atoms with Crippen LogP contribution in [0.5, 0.6) is 0 Å². The molecule has 1 N–H and O–H groups in total. The van der Waals surface area contributed by atoms with E-state index in [9.17, 15) is 18.3 Å². The molecule has 20 heavy (non-hydrogen) atoms. The largest absolute Gasteiger partial charge is 0.401 e. The molecule has 0 unspecified atom stereocenters. The van der Waals surface area contributed by atoms with Crippen LogP contribution in [0.4, 0.5) is 13.2 Å². The van der Waals surface area contributed by atoms with E-state index in [1.54, 1.807) is 0 Å². The smallest absolute Gasteiger partial charge is 0.389 e. The number of nitrogens with zero attached hydrogens (tertiary/aromatic N) is 2. The van der Waals surface area contributed by atoms with Crippen molar-refractivity contribution in [1.29, 1.82) is 0 Å². The molecule has 0 aromatic carbocycles. The molecular formula is C14H25F3N2O. The Morgan fingerprint density at radius 1 is 0.850 bits per heavy atom. The molecule has 1 heterocycles. The van der Waals surface area contributed by atoms with E-state index in [1.807, 2.05) is 0 Å². The maximum Gasteiger partial charge on any atom is 0.401 e. The second-order valence-corrected chi connectivity index (χ2v) is 6.31. The van der Waals surface area contributed by atoms with Gasteiger partial charge in [0.15, 0.2) is 0 Å². The Bertz CT molecular complexity index is 303. The van der Waals surface area contributed by atoms with Crippen LogP contribution in [0, 0.1) is 0 Å². The summed E-state index contributed by atoms with van der Waals surface area (Å²) in [5.74, 6) is 0. The van der Waals surface area contributed by atoms with Crippen LogP contribution >= 0.6 is 0 Å². The molecule has 3 nitrogen and oxygen atoms in total. The first kappa shape index (κ1) is 16.0. The molecule has 0 bridgehead atoms. The molecule has 1 saturated heterocycles. The van der Waals surface area contributed by atoms with Gasteiger partial charge in [0.25, 0.3) is 0 Å². The van der Waals surface area contributed by atoms with Crippen molar-refractivity contribution >= 4 is 0 Å². The van der Waals surface area contributed by atoms with E-state index in [4.69, 9.17) is 0 Å². The first-order valence-corrected chi connectivity index (χ1v) is 7.60. The van der Waals surface area contributed by atoms with E-state index in [0.717, 1.165) is 38.6 Å². The van der Waals surface area contributed by atoms with Crippen LogP contribution < -0.4 is 0 Å². The summed E-state index contributed by atoms with van der Waals surface area (Å²) in [5.41, 5.74) is -0.614. The van der Waals surface area contributed by atoms with E-state index in [1.165, 1.54) is 11.3 Å². The number of β-amino-alcohol motifs (C(OH)–C–C–N with tert-alkyl or cyclic N) is 1. The van der Waals surface area contributed by atoms with Crippen LogP contribution in [0.25, 0.3) is 0 Å². The van der Waals surface area contributed by atoms with Gasteiger partial charge in [0.2, 0.25) is 0 Å². The summed E-state index contributed by atoms with van der Waals surface area (Å²) in [6, 6.07) is 0. The molecule has 2 aliphatic rings. The van der Waals surface area contributed by atoms with Crippen LogP contribution in [0.15, 0.2) is 0 Å². The van der Waals surface area contributed by atoms with Gasteiger partial charge in [-0.2, -0.15) is 13.2 Å². The van der Waals surface area contributed by atoms with Crippen molar-refractivity contribution in [2.45, 2.75) is 50.3 Å². The van der Waals surface area contributed by atoms with Crippen molar-refractivity contribution in [3.63, 3.8) is 0 Å². The Morgan fingerprint density at radius 3 is 2.10 bits per heavy atom. The number of halogens is 3. The van der Waals surface area contributed by atoms with Crippen molar-refractivity contribution in [3.8, 4) is 0 Å². The summed E-state index contributed by atoms with van der Waals surface area (Å²) >= 11 is 0. The summed E-state index contributed by atoms with van der Waals surface area (Å²) in [4.78, 5) is 3.62. The zero-order valence-electron chi connectivity index (χ0n) is 12.0. The topological polar surface area (TPSA) is 26.7 Å². The third-order valence-electron chi connectivity index (χ3n) is 4.39. The maximum absolute atomic E-state index is 12.4. The molecule has 1 aliphatic heterocycles. The third kappa shape index (κ3) is 5.22. The monoisotopic (exact) mass is 294 g/mol. The number of aliphatic hydroxyl groups is 1. The lowest BCUT2D eigenvalue weighted by Crippen LogP contribution is -2.45. The Kier molecular flexibility index (Phi) is 5.31. The highest BCUT2D eigenvalue weighted by Gasteiger charge is 2.34. The lowest BCUT2D eigenvalue weighted by atomic mass is 9.84. The summed E-state index contributed by atoms with van der Waals surface area (Å²) in [6.45, 7) is 2.15. The molecule has 0 aromatic heterocycles. The first-order valence-electron chi connectivity index (χ1n) is 7.60. The van der Waals surface area contributed by atoms with Crippen molar-refractivity contribution in [3.05, 3.63) is 0 Å². The Morgan fingerprint density at radius 2 is 1.45 bits per heavy atom. The molecule has 1 aliphatic carbocycles. The number of hydrogen-bond acceptors (Lipinski definition) is 3. The molecule has 0 atom stereocenters. The minimum absolute atomic E-state index is 0.440. The van der Waals surface area contributed by atoms with Gasteiger partial charge in [-0.3, -0.25) is 9.80 Å². The van der Waals surface area contributed by atoms with E-state index >= 15 is 0 Å². The summed E-state index contributed by atoms with van der Waals surface area (Å²) in [5, 5.41) is 10.5. The van der Waals surface area contributed by atoms with Crippen molar-refractivity contribution in [2.24, 2.45) is 0 Å². The zero-order valence-corrected chi connectivity index (χ0v) is 12.0. The summed E-state index contributed by atoms with van der Waals surface area (Å²) in [7, 11) is 0. The van der Waals surface area contributed by atoms with Gasteiger partial charge < -0.3 is 5.11 Å². The number of hydrogen-bond donors (Lipinski definition) is 1. The lowest BCUT2D eigenvalue weighted by Gasteiger charge is -2.36. The van der Waals surface area contributed by atoms with E-state index < -0.39 is 18.3 Å². The molecule has 2 rings (SSSR count). The van der Waals surface area contributed by atoms with Gasteiger partial charge >= 0.3 is 6.18 Å². The second-order valence-electron chi connectivity index (χ2n) is 6.31. The van der Waals surface area contributed by atoms with Gasteiger partial charge in [-0.05, 0) is 32.4 Å². The normalized spacial score (nSPS) is 26.4. The van der Waals surface area contributed by atoms with E-state index in [-0.39, 0.29) is 0 Å². The molecule has 0 spiro atoms. The fourth-order valence-corrected chi connectivity index (χ4v) is 3.38. The highest BCUT2D eigenvalue weighted by molar-refractivity contribution is 4.86. The first-order chi connectivity index (χ1) is 9.36. The second kappa shape index (κ2) is 6.62. The molecule has 0 radical (unpaired) electrons. The van der Waals surface area contributed by atoms with Crippen LogP contribution in [-0.4, -0.2) is 66.0 Å². The third-order valence-corrected chi connectivity index (χ3v) is 4.39. The van der Waals surface area contributed by atoms with Gasteiger partial charge in [-0.15, -0.1) is 0 Å². The maximum atomic E-state index is 12.4. The molecule has 1 saturated carbocycles. The molecule has 6 heteroatoms. The summed E-state index contributed by atoms with van der Waals surface area (Å²) in [6.07, 6.45) is 1.59. The van der Waals surface area contributed by atoms with E-state index in [2.05, 4.69) is 4.90 Å². The average molecular weight is 294 g/mol. The fraction of sp³-hybridized carbons (Fsp3) is 1.00. The predicted molar refractivity (Wildman–Crippen MR) is 71.6 cm³/mol. The Hall–Kier alpha value is -0.330. The molecule has 0 aromatic rings. The zero-order chi connectivity index (χ0) is 14.6. The number of alkyl halides is 3. The minimum Gasteiger partial charge on any atom is -0.389 e. The van der Waals surface area contributed by atoms with E-state index in [0.29, 0.717) is 26.2 Å². The molecular weight excluding hydrogens is 269 g/mol. The molecule has 0 amide bonds. The van der Waals surface area contributed by atoms with Crippen molar-refractivity contribution in [1.82, 2.24) is 9.80 Å². The number of rotatable bonds is 3. The predicted octanol–water partition coefficient (Wildman–Crippen LogP) is 2.25.